The Morgan fingerprint density at radius 2 is 1.79 bits per heavy atom. The molecular weight excluding hydrogens is 362 g/mol. The van der Waals surface area contributed by atoms with E-state index in [2.05, 4.69) is 18.1 Å². The molecule has 2 aromatic carbocycles. The van der Waals surface area contributed by atoms with Crippen LogP contribution in [-0.2, 0) is 0 Å². The van der Waals surface area contributed by atoms with Crippen molar-refractivity contribution < 1.29 is 9.32 Å². The predicted octanol–water partition coefficient (Wildman–Crippen LogP) is 2.45. The zero-order valence-electron chi connectivity index (χ0n) is 16.5. The molecule has 146 valence electrons. The van der Waals surface area contributed by atoms with Crippen molar-refractivity contribution in [3.05, 3.63) is 72.4 Å². The number of aromatic nitrogens is 2. The molecule has 6 heteroatoms. The topological polar surface area (TPSA) is 51.0 Å². The Hall–Kier alpha value is -3.38. The number of fused-ring (bicyclic) bond motifs is 1. The minimum atomic E-state index is 0.755. The molecule has 1 N–H and O–H groups in total. The molecule has 29 heavy (non-hydrogen) atoms. The van der Waals surface area contributed by atoms with Crippen molar-refractivity contribution in [3.63, 3.8) is 0 Å². The fourth-order valence-electron chi connectivity index (χ4n) is 3.62. The summed E-state index contributed by atoms with van der Waals surface area (Å²) in [5.41, 5.74) is 3.61. The zero-order valence-corrected chi connectivity index (χ0v) is 16.5. The monoisotopic (exact) mass is 386 g/mol. The normalized spacial score (nSPS) is 15.6. The second-order valence-corrected chi connectivity index (χ2v) is 7.52. The van der Waals surface area contributed by atoms with Gasteiger partial charge in [0, 0.05) is 17.1 Å². The third kappa shape index (κ3) is 3.67. The summed E-state index contributed by atoms with van der Waals surface area (Å²) >= 11 is 0. The fraction of sp³-hybridized carbons (Fsp3) is 0.217. The van der Waals surface area contributed by atoms with Crippen molar-refractivity contribution in [2.24, 2.45) is 5.10 Å². The molecule has 0 amide bonds. The molecule has 0 aliphatic carbocycles. The first-order chi connectivity index (χ1) is 14.3. The molecule has 0 atom stereocenters. The van der Waals surface area contributed by atoms with Gasteiger partial charge in [-0.15, -0.1) is 0 Å². The molecule has 0 spiro atoms. The van der Waals surface area contributed by atoms with Crippen LogP contribution in [0.4, 0.5) is 0 Å². The molecule has 0 unspecified atom stereocenters. The van der Waals surface area contributed by atoms with Gasteiger partial charge in [-0.3, -0.25) is 5.01 Å². The van der Waals surface area contributed by atoms with E-state index >= 15 is 0 Å². The zero-order chi connectivity index (χ0) is 19.6. The number of para-hydroxylation sites is 2. The molecule has 0 bridgehead atoms. The summed E-state index contributed by atoms with van der Waals surface area (Å²) in [6.07, 6.45) is 3.93. The van der Waals surface area contributed by atoms with E-state index in [0.29, 0.717) is 0 Å². The number of nitrogens with one attached hydrogen (secondary N) is 1. The highest BCUT2D eigenvalue weighted by Crippen LogP contribution is 2.29. The summed E-state index contributed by atoms with van der Waals surface area (Å²) in [5, 5.41) is 12.8. The highest BCUT2D eigenvalue weighted by atomic mass is 16.3. The van der Waals surface area contributed by atoms with Crippen LogP contribution in [0.25, 0.3) is 28.1 Å². The van der Waals surface area contributed by atoms with Crippen molar-refractivity contribution in [2.45, 2.75) is 0 Å². The number of rotatable bonds is 4. The molecule has 1 saturated heterocycles. The van der Waals surface area contributed by atoms with Crippen LogP contribution in [0.5, 0.6) is 0 Å². The van der Waals surface area contributed by atoms with Crippen LogP contribution in [0.15, 0.2) is 76.4 Å². The van der Waals surface area contributed by atoms with E-state index in [1.165, 1.54) is 0 Å². The first-order valence-corrected chi connectivity index (χ1v) is 10.0. The van der Waals surface area contributed by atoms with Gasteiger partial charge in [0.2, 0.25) is 0 Å². The largest absolute Gasteiger partial charge is 0.454 e. The molecule has 0 radical (unpaired) electrons. The summed E-state index contributed by atoms with van der Waals surface area (Å²) in [7, 11) is 2.23. The number of hydrazone groups is 1. The van der Waals surface area contributed by atoms with Crippen LogP contribution < -0.4 is 4.90 Å². The van der Waals surface area contributed by atoms with E-state index in [-0.39, 0.29) is 0 Å². The predicted molar refractivity (Wildman–Crippen MR) is 115 cm³/mol. The molecule has 1 fully saturated rings. The molecule has 5 rings (SSSR count). The Morgan fingerprint density at radius 3 is 2.59 bits per heavy atom. The van der Waals surface area contributed by atoms with Gasteiger partial charge in [0.25, 0.3) is 0 Å². The maximum Gasteiger partial charge on any atom is 0.156 e. The lowest BCUT2D eigenvalue weighted by atomic mass is 10.2. The summed E-state index contributed by atoms with van der Waals surface area (Å²) < 4.78 is 7.98. The van der Waals surface area contributed by atoms with E-state index in [1.54, 1.807) is 4.90 Å². The van der Waals surface area contributed by atoms with E-state index in [0.717, 1.165) is 59.9 Å². The lowest BCUT2D eigenvalue weighted by molar-refractivity contribution is -0.884. The minimum absolute atomic E-state index is 0.755. The van der Waals surface area contributed by atoms with Gasteiger partial charge in [-0.2, -0.15) is 10.2 Å². The Morgan fingerprint density at radius 1 is 1.03 bits per heavy atom. The average molecular weight is 386 g/mol. The lowest BCUT2D eigenvalue weighted by Gasteiger charge is -2.27. The van der Waals surface area contributed by atoms with E-state index in [4.69, 9.17) is 14.6 Å². The molecule has 4 aromatic rings. The molecule has 0 saturated carbocycles. The third-order valence-electron chi connectivity index (χ3n) is 5.38. The van der Waals surface area contributed by atoms with Gasteiger partial charge in [0.15, 0.2) is 5.76 Å². The van der Waals surface area contributed by atoms with Gasteiger partial charge in [0.05, 0.1) is 45.1 Å². The molecule has 1 aliphatic heterocycles. The highest BCUT2D eigenvalue weighted by molar-refractivity contribution is 5.90. The van der Waals surface area contributed by atoms with Crippen LogP contribution in [0.3, 0.4) is 0 Å². The first kappa shape index (κ1) is 17.7. The molecule has 2 aromatic heterocycles. The minimum Gasteiger partial charge on any atom is -0.454 e. The second kappa shape index (κ2) is 7.56. The number of likely N-dealkylation sites (N-methyl/N-ethyl adjacent to an activating group) is 1. The smallest absolute Gasteiger partial charge is 0.156 e. The maximum atomic E-state index is 6.10. The Labute approximate surface area is 169 Å². The van der Waals surface area contributed by atoms with Gasteiger partial charge in [0.1, 0.15) is 11.3 Å². The molecule has 6 nitrogen and oxygen atoms in total. The Kier molecular flexibility index (Phi) is 4.62. The maximum absolute atomic E-state index is 6.10. The summed E-state index contributed by atoms with van der Waals surface area (Å²) in [6, 6.07) is 20.2. The number of hydrogen-bond acceptors (Lipinski definition) is 4. The van der Waals surface area contributed by atoms with Crippen molar-refractivity contribution >= 4 is 17.2 Å². The first-order valence-electron chi connectivity index (χ1n) is 10.0. The van der Waals surface area contributed by atoms with Gasteiger partial charge in [-0.05, 0) is 24.3 Å². The molecular formula is C23H24N5O+. The van der Waals surface area contributed by atoms with Crippen LogP contribution in [-0.4, -0.2) is 54.2 Å². The number of furan rings is 1. The van der Waals surface area contributed by atoms with Gasteiger partial charge >= 0.3 is 0 Å². The van der Waals surface area contributed by atoms with Crippen molar-refractivity contribution in [2.75, 3.05) is 33.2 Å². The van der Waals surface area contributed by atoms with E-state index < -0.39 is 0 Å². The van der Waals surface area contributed by atoms with Gasteiger partial charge < -0.3 is 9.32 Å². The Bertz CT molecular complexity index is 1100. The number of quaternary nitrogens is 1. The van der Waals surface area contributed by atoms with Crippen molar-refractivity contribution in [3.8, 4) is 17.1 Å². The van der Waals surface area contributed by atoms with E-state index in [9.17, 15) is 0 Å². The van der Waals surface area contributed by atoms with E-state index in [1.807, 2.05) is 71.7 Å². The second-order valence-electron chi connectivity index (χ2n) is 7.52. The van der Waals surface area contributed by atoms with Gasteiger partial charge in [-0.1, -0.05) is 36.4 Å². The highest BCUT2D eigenvalue weighted by Gasteiger charge is 2.17. The van der Waals surface area contributed by atoms with Crippen LogP contribution >= 0.6 is 0 Å². The number of hydrogen-bond donors (Lipinski definition) is 1. The SMILES string of the molecule is C[NH+]1CCN(/N=C\c2cn(-c3ccccc3)nc2-c2cc3ccccc3o2)CC1. The fourth-order valence-corrected chi connectivity index (χ4v) is 3.62. The van der Waals surface area contributed by atoms with Crippen LogP contribution in [0, 0.1) is 0 Å². The summed E-state index contributed by atoms with van der Waals surface area (Å²) in [5.74, 6) is 0.755. The van der Waals surface area contributed by atoms with Crippen molar-refractivity contribution in [1.29, 1.82) is 0 Å². The lowest BCUT2D eigenvalue weighted by Crippen LogP contribution is -3.11. The molecule has 3 heterocycles. The number of piperazine rings is 1. The van der Waals surface area contributed by atoms with Crippen LogP contribution in [0.1, 0.15) is 5.56 Å². The average Bonchev–Trinajstić information content (AvgIpc) is 3.38. The van der Waals surface area contributed by atoms with Crippen molar-refractivity contribution in [1.82, 2.24) is 14.8 Å². The van der Waals surface area contributed by atoms with Gasteiger partial charge in [-0.25, -0.2) is 4.68 Å². The molecule has 1 aliphatic rings. The number of benzene rings is 2. The quantitative estimate of drug-likeness (QED) is 0.548. The number of nitrogens with zero attached hydrogens (tertiary/aromatic N) is 4. The Balaban J connectivity index is 1.54. The standard InChI is InChI=1S/C23H23N5O/c1-26-11-13-27(14-12-26)24-16-19-17-28(20-8-3-2-4-9-20)25-23(19)22-15-18-7-5-6-10-21(18)29-22/h2-10,15-17H,11-14H2,1H3/p+1/b24-16-. The van der Waals surface area contributed by atoms with Crippen LogP contribution in [0.2, 0.25) is 0 Å². The third-order valence-corrected chi connectivity index (χ3v) is 5.38. The summed E-state index contributed by atoms with van der Waals surface area (Å²) in [6.45, 7) is 4.15. The summed E-state index contributed by atoms with van der Waals surface area (Å²) in [4.78, 5) is 1.55.